The summed E-state index contributed by atoms with van der Waals surface area (Å²) in [5, 5.41) is 95.7. The van der Waals surface area contributed by atoms with Crippen molar-refractivity contribution in [2.24, 2.45) is 0 Å². The van der Waals surface area contributed by atoms with Gasteiger partial charge in [-0.15, -0.1) is 6.42 Å². The highest BCUT2D eigenvalue weighted by Crippen LogP contribution is 2.23. The van der Waals surface area contributed by atoms with Gasteiger partial charge in [0.15, 0.2) is 12.4 Å². The second-order valence-corrected chi connectivity index (χ2v) is 13.9. The minimum Gasteiger partial charge on any atom is -0.394 e. The Morgan fingerprint density at radius 3 is 1.48 bits per heavy atom. The molecule has 332 valence electrons. The SMILES string of the molecule is C#CC#CC#CC#CC#CC#CC#CC#CC#CC#CC#C[C@@H](O)[C@@H](O)[C@@H](O)C(=O)N[C@@H](COC1OC(CO)C(O)C(O)C1O)[C@H](O)[C@H](O)CCCCCCCCCCCCCC. The number of aliphatic hydroxyl groups is 9. The van der Waals surface area contributed by atoms with E-state index in [9.17, 15) is 50.8 Å². The summed E-state index contributed by atoms with van der Waals surface area (Å²) in [6.07, 6.45) is 0.479. The first-order chi connectivity index (χ1) is 30.5. The number of unbranched alkanes of at least 4 members (excludes halogenated alkanes) is 11. The summed E-state index contributed by atoms with van der Waals surface area (Å²) < 4.78 is 10.8. The van der Waals surface area contributed by atoms with Crippen LogP contribution in [-0.4, -0.2) is 132 Å². The number of carbonyl (C=O) groups excluding carboxylic acids is 1. The lowest BCUT2D eigenvalue weighted by molar-refractivity contribution is -0.303. The first kappa shape index (κ1) is 55.2. The molecule has 1 aliphatic rings. The summed E-state index contributed by atoms with van der Waals surface area (Å²) in [6.45, 7) is 0.785. The van der Waals surface area contributed by atoms with Crippen molar-refractivity contribution in [3.63, 3.8) is 0 Å². The molecule has 10 N–H and O–H groups in total. The fourth-order valence-electron chi connectivity index (χ4n) is 5.62. The summed E-state index contributed by atoms with van der Waals surface area (Å²) in [4.78, 5) is 13.1. The molecule has 0 spiro atoms. The van der Waals surface area contributed by atoms with E-state index in [1.54, 1.807) is 0 Å². The van der Waals surface area contributed by atoms with Gasteiger partial charge in [0.05, 0.1) is 25.4 Å². The summed E-state index contributed by atoms with van der Waals surface area (Å²) in [7, 11) is 0. The van der Waals surface area contributed by atoms with Crippen LogP contribution in [0.2, 0.25) is 0 Å². The van der Waals surface area contributed by atoms with Crippen LogP contribution in [0, 0.1) is 131 Å². The highest BCUT2D eigenvalue weighted by atomic mass is 16.7. The van der Waals surface area contributed by atoms with Crippen LogP contribution in [0.1, 0.15) is 90.4 Å². The van der Waals surface area contributed by atoms with Crippen LogP contribution in [0.5, 0.6) is 0 Å². The van der Waals surface area contributed by atoms with E-state index in [0.29, 0.717) is 6.42 Å². The number of nitrogens with one attached hydrogen (secondary N) is 1. The molecule has 11 atom stereocenters. The van der Waals surface area contributed by atoms with Crippen molar-refractivity contribution in [2.75, 3.05) is 13.2 Å². The van der Waals surface area contributed by atoms with Crippen molar-refractivity contribution in [2.45, 2.75) is 158 Å². The quantitative estimate of drug-likeness (QED) is 0.0434. The maximum atomic E-state index is 13.1. The van der Waals surface area contributed by atoms with Gasteiger partial charge >= 0.3 is 0 Å². The number of hydrogen-bond donors (Lipinski definition) is 10. The third kappa shape index (κ3) is 25.0. The molecule has 0 radical (unpaired) electrons. The molecule has 0 aromatic heterocycles. The van der Waals surface area contributed by atoms with Gasteiger partial charge in [-0.3, -0.25) is 4.79 Å². The third-order valence-corrected chi connectivity index (χ3v) is 9.11. The molecular formula is C50H55NO12. The van der Waals surface area contributed by atoms with Crippen LogP contribution < -0.4 is 5.32 Å². The van der Waals surface area contributed by atoms with Crippen molar-refractivity contribution in [3.05, 3.63) is 0 Å². The molecule has 1 amide bonds. The molecule has 13 nitrogen and oxygen atoms in total. The fraction of sp³-hybridized carbons (Fsp3) is 0.540. The van der Waals surface area contributed by atoms with Crippen LogP contribution in [0.25, 0.3) is 0 Å². The fourth-order valence-corrected chi connectivity index (χ4v) is 5.62. The zero-order valence-electron chi connectivity index (χ0n) is 35.3. The van der Waals surface area contributed by atoms with Gasteiger partial charge in [-0.05, 0) is 101 Å². The molecule has 1 aliphatic heterocycles. The predicted octanol–water partition coefficient (Wildman–Crippen LogP) is -1.15. The van der Waals surface area contributed by atoms with Gasteiger partial charge in [0, 0.05) is 23.7 Å². The van der Waals surface area contributed by atoms with E-state index in [4.69, 9.17) is 15.9 Å². The van der Waals surface area contributed by atoms with Crippen molar-refractivity contribution in [1.29, 1.82) is 0 Å². The van der Waals surface area contributed by atoms with E-state index in [2.05, 4.69) is 137 Å². The molecule has 0 aromatic rings. The maximum absolute atomic E-state index is 13.1. The minimum atomic E-state index is -2.30. The number of ether oxygens (including phenoxy) is 2. The predicted molar refractivity (Wildman–Crippen MR) is 234 cm³/mol. The van der Waals surface area contributed by atoms with Gasteiger partial charge in [0.2, 0.25) is 0 Å². The zero-order chi connectivity index (χ0) is 46.5. The molecule has 0 bridgehead atoms. The van der Waals surface area contributed by atoms with Crippen molar-refractivity contribution in [3.8, 4) is 131 Å². The number of terminal acetylenes is 1. The largest absolute Gasteiger partial charge is 0.394 e. The number of amides is 1. The Morgan fingerprint density at radius 1 is 0.603 bits per heavy atom. The van der Waals surface area contributed by atoms with Crippen molar-refractivity contribution >= 4 is 5.91 Å². The second kappa shape index (κ2) is 35.8. The highest BCUT2D eigenvalue weighted by molar-refractivity contribution is 5.81. The van der Waals surface area contributed by atoms with Crippen LogP contribution >= 0.6 is 0 Å². The van der Waals surface area contributed by atoms with E-state index < -0.39 is 86.4 Å². The van der Waals surface area contributed by atoms with Crippen molar-refractivity contribution in [1.82, 2.24) is 5.32 Å². The third-order valence-electron chi connectivity index (χ3n) is 9.11. The Kier molecular flexibility index (Phi) is 31.3. The van der Waals surface area contributed by atoms with Gasteiger partial charge in [0.25, 0.3) is 5.91 Å². The zero-order valence-corrected chi connectivity index (χ0v) is 35.3. The van der Waals surface area contributed by atoms with E-state index in [1.165, 1.54) is 44.9 Å². The molecule has 13 heteroatoms. The smallest absolute Gasteiger partial charge is 0.252 e. The Morgan fingerprint density at radius 2 is 1.03 bits per heavy atom. The van der Waals surface area contributed by atoms with E-state index in [-0.39, 0.29) is 6.42 Å². The highest BCUT2D eigenvalue weighted by Gasteiger charge is 2.45. The van der Waals surface area contributed by atoms with Gasteiger partial charge in [-0.25, -0.2) is 0 Å². The average Bonchev–Trinajstić information content (AvgIpc) is 3.28. The molecule has 0 aromatic carbocycles. The lowest BCUT2D eigenvalue weighted by Gasteiger charge is -2.40. The molecule has 1 saturated heterocycles. The number of hydrogen-bond acceptors (Lipinski definition) is 12. The summed E-state index contributed by atoms with van der Waals surface area (Å²) >= 11 is 0. The average molecular weight is 862 g/mol. The summed E-state index contributed by atoms with van der Waals surface area (Å²) in [5.41, 5.74) is 0. The van der Waals surface area contributed by atoms with Gasteiger partial charge in [-0.2, -0.15) is 0 Å². The van der Waals surface area contributed by atoms with Crippen LogP contribution in [0.15, 0.2) is 0 Å². The van der Waals surface area contributed by atoms with Crippen LogP contribution in [0.3, 0.4) is 0 Å². The lowest BCUT2D eigenvalue weighted by atomic mass is 9.98. The minimum absolute atomic E-state index is 0.142. The Bertz CT molecular complexity index is 2110. The van der Waals surface area contributed by atoms with E-state index >= 15 is 0 Å². The van der Waals surface area contributed by atoms with Gasteiger partial charge in [-0.1, -0.05) is 89.9 Å². The van der Waals surface area contributed by atoms with Crippen molar-refractivity contribution < 1.29 is 60.2 Å². The Balaban J connectivity index is 2.82. The molecule has 1 rings (SSSR count). The first-order valence-corrected chi connectivity index (χ1v) is 20.6. The normalized spacial score (nSPS) is 19.4. The van der Waals surface area contributed by atoms with Gasteiger partial charge < -0.3 is 60.7 Å². The van der Waals surface area contributed by atoms with Gasteiger partial charge in [0.1, 0.15) is 42.7 Å². The van der Waals surface area contributed by atoms with E-state index in [1.807, 2.05) is 0 Å². The topological polar surface area (TPSA) is 230 Å². The lowest BCUT2D eigenvalue weighted by Crippen LogP contribution is -2.61. The Labute approximate surface area is 372 Å². The standard InChI is InChI=1S/C50H55NO12/c1-3-5-7-9-11-13-15-17-18-19-20-21-22-23-24-26-28-30-32-34-36-41(54)44(56)47(59)49(61)51-39(38-62-50-48(60)46(58)45(57)42(37-52)63-50)43(55)40(53)35-33-31-29-27-25-16-14-12-10-8-6-4-2/h1,39-48,50,52-60H,4,6,8,10,12,14,16,25,27,29,31,33,35,37-38H2,2H3,(H,51,61)/t39-,40+,41+,42?,43-,44+,45?,46?,47+,48?,50?/m0/s1. The molecule has 1 heterocycles. The molecule has 5 unspecified atom stereocenters. The molecule has 1 fully saturated rings. The van der Waals surface area contributed by atoms with E-state index in [0.717, 1.165) is 25.7 Å². The summed E-state index contributed by atoms with van der Waals surface area (Å²) in [6, 6.07) is -1.49. The summed E-state index contributed by atoms with van der Waals surface area (Å²) in [5.74, 6) is 48.5. The molecular weight excluding hydrogens is 807 g/mol. The first-order valence-electron chi connectivity index (χ1n) is 20.6. The molecule has 0 aliphatic carbocycles. The number of carbonyl (C=O) groups is 1. The monoisotopic (exact) mass is 861 g/mol. The molecule has 0 saturated carbocycles. The van der Waals surface area contributed by atoms with Crippen LogP contribution in [-0.2, 0) is 14.3 Å². The number of rotatable bonds is 23. The molecule has 63 heavy (non-hydrogen) atoms. The number of aliphatic hydroxyl groups excluding tert-OH is 9. The maximum Gasteiger partial charge on any atom is 0.252 e. The second-order valence-electron chi connectivity index (χ2n) is 13.9. The van der Waals surface area contributed by atoms with Crippen LogP contribution in [0.4, 0.5) is 0 Å². The Hall–Kier alpha value is -5.81.